The Bertz CT molecular complexity index is 814. The summed E-state index contributed by atoms with van der Waals surface area (Å²) >= 11 is 0. The van der Waals surface area contributed by atoms with Crippen molar-refractivity contribution in [3.05, 3.63) is 59.7 Å². The molecule has 150 valence electrons. The van der Waals surface area contributed by atoms with Crippen molar-refractivity contribution in [2.45, 2.75) is 33.9 Å². The second kappa shape index (κ2) is 10.3. The molecule has 0 bridgehead atoms. The van der Waals surface area contributed by atoms with Crippen LogP contribution in [0.5, 0.6) is 5.75 Å². The minimum Gasteiger partial charge on any atom is -0.496 e. The van der Waals surface area contributed by atoms with Crippen LogP contribution in [0.2, 0.25) is 0 Å². The Hall–Kier alpha value is -3.02. The monoisotopic (exact) mass is 383 g/mol. The molecule has 0 aromatic heterocycles. The Morgan fingerprint density at radius 1 is 1.21 bits per heavy atom. The van der Waals surface area contributed by atoms with Crippen molar-refractivity contribution in [1.82, 2.24) is 4.90 Å². The Balaban J connectivity index is 0.000000640. The Morgan fingerprint density at radius 3 is 2.54 bits per heavy atom. The topological polar surface area (TPSA) is 74.2 Å². The van der Waals surface area contributed by atoms with Gasteiger partial charge in [0.05, 0.1) is 7.11 Å². The summed E-state index contributed by atoms with van der Waals surface area (Å²) in [5, 5.41) is 10.9. The highest BCUT2D eigenvalue weighted by Gasteiger charge is 2.21. The van der Waals surface area contributed by atoms with Crippen LogP contribution in [0.1, 0.15) is 31.9 Å². The molecule has 2 aromatic carbocycles. The molecule has 1 heterocycles. The number of aliphatic carboxylic acids is 1. The number of carboxylic acids is 1. The third kappa shape index (κ3) is 6.30. The first kappa shape index (κ1) is 21.3. The molecule has 0 atom stereocenters. The lowest BCUT2D eigenvalue weighted by Crippen LogP contribution is -2.40. The van der Waals surface area contributed by atoms with E-state index >= 15 is 0 Å². The van der Waals surface area contributed by atoms with Crippen molar-refractivity contribution in [3.8, 4) is 5.75 Å². The maximum atomic E-state index is 9.00. The summed E-state index contributed by atoms with van der Waals surface area (Å²) in [5.41, 5.74) is 3.60. The maximum absolute atomic E-state index is 9.00. The summed E-state index contributed by atoms with van der Waals surface area (Å²) in [4.78, 5) is 16.1. The van der Waals surface area contributed by atoms with E-state index in [4.69, 9.17) is 19.6 Å². The van der Waals surface area contributed by atoms with Gasteiger partial charge in [-0.3, -0.25) is 9.79 Å². The van der Waals surface area contributed by atoms with Crippen LogP contribution in [0.25, 0.3) is 0 Å². The van der Waals surface area contributed by atoms with E-state index in [2.05, 4.69) is 54.4 Å². The first-order valence-electron chi connectivity index (χ1n) is 9.36. The van der Waals surface area contributed by atoms with Crippen molar-refractivity contribution >= 4 is 17.6 Å². The molecule has 2 N–H and O–H groups in total. The van der Waals surface area contributed by atoms with Crippen LogP contribution in [0, 0.1) is 5.92 Å². The molecule has 6 nitrogen and oxygen atoms in total. The Labute approximate surface area is 166 Å². The van der Waals surface area contributed by atoms with Gasteiger partial charge in [0.2, 0.25) is 0 Å². The number of nitrogens with one attached hydrogen (secondary N) is 1. The van der Waals surface area contributed by atoms with E-state index in [1.54, 1.807) is 7.11 Å². The van der Waals surface area contributed by atoms with E-state index in [0.717, 1.165) is 44.0 Å². The zero-order valence-corrected chi connectivity index (χ0v) is 17.0. The zero-order valence-electron chi connectivity index (χ0n) is 17.0. The van der Waals surface area contributed by atoms with Crippen LogP contribution in [0.4, 0.5) is 5.69 Å². The van der Waals surface area contributed by atoms with E-state index in [0.29, 0.717) is 5.92 Å². The number of carboxylic acid groups (broad SMARTS) is 1. The van der Waals surface area contributed by atoms with E-state index in [-0.39, 0.29) is 0 Å². The molecule has 0 saturated carbocycles. The molecule has 0 spiro atoms. The van der Waals surface area contributed by atoms with Gasteiger partial charge in [-0.15, -0.1) is 0 Å². The molecule has 0 saturated heterocycles. The lowest BCUT2D eigenvalue weighted by molar-refractivity contribution is -0.134. The molecule has 1 aliphatic heterocycles. The van der Waals surface area contributed by atoms with Gasteiger partial charge >= 0.3 is 0 Å². The second-order valence-electron chi connectivity index (χ2n) is 7.03. The van der Waals surface area contributed by atoms with Crippen LogP contribution < -0.4 is 10.1 Å². The van der Waals surface area contributed by atoms with Crippen LogP contribution in [0.15, 0.2) is 53.5 Å². The molecular weight excluding hydrogens is 354 g/mol. The van der Waals surface area contributed by atoms with Gasteiger partial charge in [0.1, 0.15) is 5.75 Å². The zero-order chi connectivity index (χ0) is 20.5. The fraction of sp³-hybridized carbons (Fsp3) is 0.364. The van der Waals surface area contributed by atoms with Crippen molar-refractivity contribution < 1.29 is 14.6 Å². The largest absolute Gasteiger partial charge is 0.496 e. The van der Waals surface area contributed by atoms with E-state index in [1.165, 1.54) is 11.1 Å². The molecule has 0 radical (unpaired) electrons. The molecule has 28 heavy (non-hydrogen) atoms. The lowest BCUT2D eigenvalue weighted by Gasteiger charge is -2.33. The number of aliphatic imine (C=N–C) groups is 1. The number of hydrogen-bond donors (Lipinski definition) is 2. The quantitative estimate of drug-likeness (QED) is 0.808. The number of hydrogen-bond acceptors (Lipinski definition) is 3. The van der Waals surface area contributed by atoms with Crippen LogP contribution >= 0.6 is 0 Å². The number of guanidine groups is 1. The molecule has 2 aromatic rings. The number of rotatable bonds is 5. The smallest absolute Gasteiger partial charge is 0.300 e. The van der Waals surface area contributed by atoms with Gasteiger partial charge in [-0.2, -0.15) is 0 Å². The third-order valence-corrected chi connectivity index (χ3v) is 4.08. The van der Waals surface area contributed by atoms with Crippen LogP contribution in [-0.2, 0) is 17.9 Å². The molecule has 0 unspecified atom stereocenters. The van der Waals surface area contributed by atoms with Gasteiger partial charge in [-0.05, 0) is 23.6 Å². The number of para-hydroxylation sites is 2. The average molecular weight is 383 g/mol. The third-order valence-electron chi connectivity index (χ3n) is 4.08. The first-order chi connectivity index (χ1) is 13.4. The fourth-order valence-corrected chi connectivity index (χ4v) is 2.84. The average Bonchev–Trinajstić information content (AvgIpc) is 2.66. The van der Waals surface area contributed by atoms with Crippen molar-refractivity contribution in [1.29, 1.82) is 0 Å². The number of benzene rings is 2. The van der Waals surface area contributed by atoms with Gasteiger partial charge in [-0.25, -0.2) is 0 Å². The summed E-state index contributed by atoms with van der Waals surface area (Å²) in [6, 6.07) is 16.6. The van der Waals surface area contributed by atoms with E-state index < -0.39 is 5.97 Å². The number of anilines is 1. The summed E-state index contributed by atoms with van der Waals surface area (Å²) < 4.78 is 5.50. The highest BCUT2D eigenvalue weighted by Crippen LogP contribution is 2.26. The predicted molar refractivity (Wildman–Crippen MR) is 113 cm³/mol. The van der Waals surface area contributed by atoms with E-state index in [9.17, 15) is 0 Å². The number of ether oxygens (including phenoxy) is 1. The minimum absolute atomic E-state index is 0.532. The molecule has 1 aliphatic rings. The van der Waals surface area contributed by atoms with Gasteiger partial charge in [0.25, 0.3) is 5.97 Å². The van der Waals surface area contributed by atoms with Crippen molar-refractivity contribution in [2.75, 3.05) is 19.0 Å². The first-order valence-corrected chi connectivity index (χ1v) is 9.36. The second-order valence-corrected chi connectivity index (χ2v) is 7.03. The maximum Gasteiger partial charge on any atom is 0.300 e. The molecule has 6 heteroatoms. The number of fused-ring (bicyclic) bond motifs is 1. The summed E-state index contributed by atoms with van der Waals surface area (Å²) in [7, 11) is 1.72. The number of nitrogens with zero attached hydrogens (tertiary/aromatic N) is 2. The molecular formula is C22H29N3O3. The lowest BCUT2D eigenvalue weighted by atomic mass is 10.1. The van der Waals surface area contributed by atoms with E-state index in [1.807, 2.05) is 18.2 Å². The molecule has 3 rings (SSSR count). The van der Waals surface area contributed by atoms with Gasteiger partial charge in [0.15, 0.2) is 5.96 Å². The van der Waals surface area contributed by atoms with Crippen molar-refractivity contribution in [3.63, 3.8) is 0 Å². The SMILES string of the molecule is CC(=O)O.COc1ccccc1CN1Cc2ccccc2NC1=NCC(C)C. The fourth-order valence-electron chi connectivity index (χ4n) is 2.84. The van der Waals surface area contributed by atoms with Crippen LogP contribution in [-0.4, -0.2) is 35.6 Å². The normalized spacial score (nSPS) is 14.0. The van der Waals surface area contributed by atoms with Gasteiger partial charge in [0, 0.05) is 37.8 Å². The number of methoxy groups -OCH3 is 1. The minimum atomic E-state index is -0.833. The molecule has 0 amide bonds. The molecule has 0 aliphatic carbocycles. The number of carbonyl (C=O) groups is 1. The summed E-state index contributed by atoms with van der Waals surface area (Å²) in [5.74, 6) is 1.55. The standard InChI is InChI=1S/C20H25N3O.C2H4O2/c1-15(2)12-21-20-22-18-10-6-4-8-16(18)13-23(20)14-17-9-5-7-11-19(17)24-3;1-2(3)4/h4-11,15H,12-14H2,1-3H3,(H,21,22);1H3,(H,3,4). The Kier molecular flexibility index (Phi) is 7.87. The van der Waals surface area contributed by atoms with Crippen LogP contribution in [0.3, 0.4) is 0 Å². The highest BCUT2D eigenvalue weighted by molar-refractivity contribution is 5.96. The predicted octanol–water partition coefficient (Wildman–Crippen LogP) is 4.23. The van der Waals surface area contributed by atoms with Gasteiger partial charge < -0.3 is 20.1 Å². The molecule has 0 fully saturated rings. The summed E-state index contributed by atoms with van der Waals surface area (Å²) in [6.07, 6.45) is 0. The van der Waals surface area contributed by atoms with Gasteiger partial charge in [-0.1, -0.05) is 50.2 Å². The van der Waals surface area contributed by atoms with Crippen molar-refractivity contribution in [2.24, 2.45) is 10.9 Å². The Morgan fingerprint density at radius 2 is 1.86 bits per heavy atom. The summed E-state index contributed by atoms with van der Waals surface area (Å²) in [6.45, 7) is 7.88. The highest BCUT2D eigenvalue weighted by atomic mass is 16.5.